The summed E-state index contributed by atoms with van der Waals surface area (Å²) in [6.07, 6.45) is 0. The van der Waals surface area contributed by atoms with E-state index in [1.165, 1.54) is 35.3 Å². The van der Waals surface area contributed by atoms with Gasteiger partial charge in [0.25, 0.3) is 0 Å². The molecule has 2 aromatic carbocycles. The maximum absolute atomic E-state index is 12.4. The normalized spacial score (nSPS) is 10.5. The molecule has 0 spiro atoms. The Morgan fingerprint density at radius 3 is 2.55 bits per heavy atom. The highest BCUT2D eigenvalue weighted by atomic mass is 32.1. The van der Waals surface area contributed by atoms with E-state index < -0.39 is 10.9 Å². The van der Waals surface area contributed by atoms with Crippen LogP contribution < -0.4 is 9.64 Å². The standard InChI is InChI=1S/C23H23N3O6S/c1-5-31-21-9-7-17(11-20(21)26(29)30)22(28)32-12-18-13-33-23(24-18)25(16(4)27)19-8-6-14(2)15(3)10-19/h6-11,13H,5,12H2,1-4H3. The molecule has 3 rings (SSSR count). The number of carbonyl (C=O) groups is 2. The van der Waals surface area contributed by atoms with Gasteiger partial charge in [0.1, 0.15) is 6.61 Å². The lowest BCUT2D eigenvalue weighted by Gasteiger charge is -2.19. The molecule has 1 amide bonds. The molecule has 0 bridgehead atoms. The van der Waals surface area contributed by atoms with E-state index in [0.717, 1.165) is 17.2 Å². The highest BCUT2D eigenvalue weighted by Crippen LogP contribution is 2.31. The Morgan fingerprint density at radius 2 is 1.91 bits per heavy atom. The summed E-state index contributed by atoms with van der Waals surface area (Å²) in [6.45, 7) is 7.24. The van der Waals surface area contributed by atoms with Crippen LogP contribution in [0.1, 0.15) is 41.0 Å². The van der Waals surface area contributed by atoms with Crippen molar-refractivity contribution in [1.29, 1.82) is 0 Å². The number of hydrogen-bond acceptors (Lipinski definition) is 8. The Kier molecular flexibility index (Phi) is 7.39. The van der Waals surface area contributed by atoms with Gasteiger partial charge < -0.3 is 9.47 Å². The molecule has 0 saturated heterocycles. The van der Waals surface area contributed by atoms with Gasteiger partial charge in [0.15, 0.2) is 10.9 Å². The molecule has 9 nitrogen and oxygen atoms in total. The zero-order valence-electron chi connectivity index (χ0n) is 18.7. The van der Waals surface area contributed by atoms with Gasteiger partial charge in [-0.25, -0.2) is 9.78 Å². The van der Waals surface area contributed by atoms with Crippen molar-refractivity contribution in [3.63, 3.8) is 0 Å². The highest BCUT2D eigenvalue weighted by Gasteiger charge is 2.21. The van der Waals surface area contributed by atoms with Gasteiger partial charge in [-0.3, -0.25) is 19.8 Å². The Morgan fingerprint density at radius 1 is 1.15 bits per heavy atom. The number of thiazole rings is 1. The van der Waals surface area contributed by atoms with Crippen molar-refractivity contribution in [3.8, 4) is 5.75 Å². The number of amides is 1. The van der Waals surface area contributed by atoms with Crippen molar-refractivity contribution in [1.82, 2.24) is 4.98 Å². The van der Waals surface area contributed by atoms with Crippen LogP contribution in [0.5, 0.6) is 5.75 Å². The Balaban J connectivity index is 1.74. The number of ether oxygens (including phenoxy) is 2. The second-order valence-corrected chi connectivity index (χ2v) is 8.03. The van der Waals surface area contributed by atoms with Gasteiger partial charge in [0, 0.05) is 18.4 Å². The van der Waals surface area contributed by atoms with Gasteiger partial charge in [-0.05, 0) is 56.2 Å². The molecule has 0 aliphatic carbocycles. The zero-order chi connectivity index (χ0) is 24.1. The quantitative estimate of drug-likeness (QED) is 0.256. The lowest BCUT2D eigenvalue weighted by molar-refractivity contribution is -0.385. The van der Waals surface area contributed by atoms with Gasteiger partial charge in [-0.15, -0.1) is 11.3 Å². The van der Waals surface area contributed by atoms with Crippen molar-refractivity contribution in [2.45, 2.75) is 34.3 Å². The first-order valence-corrected chi connectivity index (χ1v) is 11.0. The molecular weight excluding hydrogens is 446 g/mol. The molecule has 0 unspecified atom stereocenters. The van der Waals surface area contributed by atoms with Crippen LogP contribution in [0.25, 0.3) is 0 Å². The lowest BCUT2D eigenvalue weighted by Crippen LogP contribution is -2.22. The van der Waals surface area contributed by atoms with Gasteiger partial charge in [-0.2, -0.15) is 0 Å². The van der Waals surface area contributed by atoms with Gasteiger partial charge in [0.05, 0.1) is 28.5 Å². The number of nitro benzene ring substituents is 1. The average Bonchev–Trinajstić information content (AvgIpc) is 3.23. The first kappa shape index (κ1) is 23.9. The van der Waals surface area contributed by atoms with Gasteiger partial charge >= 0.3 is 11.7 Å². The van der Waals surface area contributed by atoms with E-state index in [9.17, 15) is 19.7 Å². The molecule has 1 heterocycles. The summed E-state index contributed by atoms with van der Waals surface area (Å²) in [5.41, 5.74) is 3.04. The molecule has 0 aliphatic rings. The largest absolute Gasteiger partial charge is 0.487 e. The minimum atomic E-state index is -0.728. The smallest absolute Gasteiger partial charge is 0.338 e. The molecule has 0 aliphatic heterocycles. The first-order chi connectivity index (χ1) is 15.7. The SMILES string of the molecule is CCOc1ccc(C(=O)OCc2csc(N(C(C)=O)c3ccc(C)c(C)c3)n2)cc1[N+](=O)[O-]. The molecule has 33 heavy (non-hydrogen) atoms. The zero-order valence-corrected chi connectivity index (χ0v) is 19.5. The fraction of sp³-hybridized carbons (Fsp3) is 0.261. The third-order valence-electron chi connectivity index (χ3n) is 4.84. The van der Waals surface area contributed by atoms with Crippen LogP contribution in [-0.4, -0.2) is 28.4 Å². The lowest BCUT2D eigenvalue weighted by atomic mass is 10.1. The number of aromatic nitrogens is 1. The minimum Gasteiger partial charge on any atom is -0.487 e. The maximum Gasteiger partial charge on any atom is 0.338 e. The topological polar surface area (TPSA) is 112 Å². The number of nitro groups is 1. The van der Waals surface area contributed by atoms with Crippen LogP contribution in [0.4, 0.5) is 16.5 Å². The van der Waals surface area contributed by atoms with Crippen molar-refractivity contribution in [2.24, 2.45) is 0 Å². The molecule has 172 valence electrons. The average molecular weight is 470 g/mol. The molecular formula is C23H23N3O6S. The van der Waals surface area contributed by atoms with Crippen LogP contribution in [0.3, 0.4) is 0 Å². The van der Waals surface area contributed by atoms with E-state index in [1.54, 1.807) is 12.3 Å². The van der Waals surface area contributed by atoms with Crippen LogP contribution >= 0.6 is 11.3 Å². The summed E-state index contributed by atoms with van der Waals surface area (Å²) < 4.78 is 10.5. The summed E-state index contributed by atoms with van der Waals surface area (Å²) in [4.78, 5) is 41.3. The Labute approximate surface area is 194 Å². The summed E-state index contributed by atoms with van der Waals surface area (Å²) in [7, 11) is 0. The summed E-state index contributed by atoms with van der Waals surface area (Å²) in [5.74, 6) is -0.843. The second-order valence-electron chi connectivity index (χ2n) is 7.19. The van der Waals surface area contributed by atoms with Crippen LogP contribution in [0, 0.1) is 24.0 Å². The fourth-order valence-corrected chi connectivity index (χ4v) is 3.92. The van der Waals surface area contributed by atoms with E-state index in [4.69, 9.17) is 9.47 Å². The van der Waals surface area contributed by atoms with Crippen molar-refractivity contribution < 1.29 is 24.0 Å². The van der Waals surface area contributed by atoms with Gasteiger partial charge in [-0.1, -0.05) is 6.07 Å². The number of esters is 1. The summed E-state index contributed by atoms with van der Waals surface area (Å²) in [6, 6.07) is 9.60. The Bertz CT molecular complexity index is 1210. The second kappa shape index (κ2) is 10.2. The molecule has 0 fully saturated rings. The molecule has 10 heteroatoms. The number of rotatable bonds is 8. The number of aryl methyl sites for hydroxylation is 2. The third kappa shape index (κ3) is 5.53. The van der Waals surface area contributed by atoms with Gasteiger partial charge in [0.2, 0.25) is 5.91 Å². The van der Waals surface area contributed by atoms with Crippen molar-refractivity contribution >= 4 is 39.7 Å². The van der Waals surface area contributed by atoms with Crippen LogP contribution in [0.15, 0.2) is 41.8 Å². The first-order valence-electron chi connectivity index (χ1n) is 10.1. The van der Waals surface area contributed by atoms with Crippen LogP contribution in [-0.2, 0) is 16.1 Å². The molecule has 0 N–H and O–H groups in total. The highest BCUT2D eigenvalue weighted by molar-refractivity contribution is 7.14. The van der Waals surface area contributed by atoms with E-state index in [1.807, 2.05) is 32.0 Å². The predicted molar refractivity (Wildman–Crippen MR) is 124 cm³/mol. The number of anilines is 2. The molecule has 0 saturated carbocycles. The Hall–Kier alpha value is -3.79. The van der Waals surface area contributed by atoms with E-state index >= 15 is 0 Å². The number of nitrogens with zero attached hydrogens (tertiary/aromatic N) is 3. The number of benzene rings is 2. The molecule has 1 aromatic heterocycles. The molecule has 3 aromatic rings. The fourth-order valence-electron chi connectivity index (χ4n) is 3.04. The maximum atomic E-state index is 12.4. The van der Waals surface area contributed by atoms with E-state index in [2.05, 4.69) is 4.98 Å². The predicted octanol–water partition coefficient (Wildman–Crippen LogP) is 5.11. The van der Waals surface area contributed by atoms with Crippen molar-refractivity contribution in [3.05, 3.63) is 74.3 Å². The third-order valence-corrected chi connectivity index (χ3v) is 5.71. The van der Waals surface area contributed by atoms with Crippen molar-refractivity contribution in [2.75, 3.05) is 11.5 Å². The summed E-state index contributed by atoms with van der Waals surface area (Å²) in [5, 5.41) is 13.4. The number of carbonyl (C=O) groups excluding carboxylic acids is 2. The van der Waals surface area contributed by atoms with Crippen LogP contribution in [0.2, 0.25) is 0 Å². The monoisotopic (exact) mass is 469 g/mol. The minimum absolute atomic E-state index is 0.0288. The van der Waals surface area contributed by atoms with E-state index in [-0.39, 0.29) is 36.1 Å². The molecule has 0 atom stereocenters. The summed E-state index contributed by atoms with van der Waals surface area (Å²) >= 11 is 1.25. The number of hydrogen-bond donors (Lipinski definition) is 0. The molecule has 0 radical (unpaired) electrons. The van der Waals surface area contributed by atoms with E-state index in [0.29, 0.717) is 16.5 Å².